The summed E-state index contributed by atoms with van der Waals surface area (Å²) >= 11 is 0. The smallest absolute Gasteiger partial charge is 0.271 e. The third kappa shape index (κ3) is 6.18. The second-order valence-corrected chi connectivity index (χ2v) is 4.97. The molecule has 0 aliphatic heterocycles. The number of carbonyl (C=O) groups is 1. The fourth-order valence-corrected chi connectivity index (χ4v) is 1.71. The Bertz CT molecular complexity index is 393. The number of hydrogen-bond donors (Lipinski definition) is 2. The van der Waals surface area contributed by atoms with Crippen molar-refractivity contribution in [3.63, 3.8) is 0 Å². The maximum Gasteiger partial charge on any atom is 0.271 e. The lowest BCUT2D eigenvalue weighted by Crippen LogP contribution is -2.25. The van der Waals surface area contributed by atoms with Crippen molar-refractivity contribution in [1.29, 1.82) is 0 Å². The van der Waals surface area contributed by atoms with Crippen LogP contribution in [0, 0.1) is 5.92 Å². The second kappa shape index (κ2) is 8.45. The summed E-state index contributed by atoms with van der Waals surface area (Å²) in [5.74, 6) is 1.20. The van der Waals surface area contributed by atoms with Gasteiger partial charge in [-0.2, -0.15) is 0 Å². The van der Waals surface area contributed by atoms with Crippen LogP contribution in [0.25, 0.3) is 0 Å². The largest absolute Gasteiger partial charge is 0.369 e. The van der Waals surface area contributed by atoms with Crippen LogP contribution in [0.3, 0.4) is 0 Å². The predicted molar refractivity (Wildman–Crippen MR) is 77.2 cm³/mol. The molecule has 5 nitrogen and oxygen atoms in total. The fourth-order valence-electron chi connectivity index (χ4n) is 1.71. The molecule has 2 N–H and O–H groups in total. The summed E-state index contributed by atoms with van der Waals surface area (Å²) in [5, 5.41) is 5.91. The minimum atomic E-state index is -0.156. The molecular weight excluding hydrogens is 240 g/mol. The van der Waals surface area contributed by atoms with Crippen LogP contribution in [0.2, 0.25) is 0 Å². The first-order chi connectivity index (χ1) is 9.13. The number of unbranched alkanes of at least 4 members (excludes halogenated alkanes) is 1. The van der Waals surface area contributed by atoms with E-state index in [1.165, 1.54) is 12.6 Å². The molecule has 0 aliphatic carbocycles. The minimum Gasteiger partial charge on any atom is -0.369 e. The van der Waals surface area contributed by atoms with E-state index < -0.39 is 0 Å². The SMILES string of the molecule is CCNc1cncc(C(=O)NCCCCC(C)C)n1. The highest BCUT2D eigenvalue weighted by Gasteiger charge is 2.07. The topological polar surface area (TPSA) is 66.9 Å². The zero-order valence-corrected chi connectivity index (χ0v) is 12.1. The van der Waals surface area contributed by atoms with Crippen molar-refractivity contribution in [1.82, 2.24) is 15.3 Å². The van der Waals surface area contributed by atoms with Crippen LogP contribution in [0.5, 0.6) is 0 Å². The molecule has 0 unspecified atom stereocenters. The number of nitrogens with zero attached hydrogens (tertiary/aromatic N) is 2. The van der Waals surface area contributed by atoms with Crippen LogP contribution < -0.4 is 10.6 Å². The minimum absolute atomic E-state index is 0.156. The van der Waals surface area contributed by atoms with Gasteiger partial charge in [0.05, 0.1) is 12.4 Å². The molecular formula is C14H24N4O. The van der Waals surface area contributed by atoms with Gasteiger partial charge in [-0.3, -0.25) is 9.78 Å². The molecule has 1 rings (SSSR count). The zero-order chi connectivity index (χ0) is 14.1. The number of carbonyl (C=O) groups excluding carboxylic acids is 1. The van der Waals surface area contributed by atoms with Gasteiger partial charge in [0.1, 0.15) is 11.5 Å². The van der Waals surface area contributed by atoms with Gasteiger partial charge in [-0.15, -0.1) is 0 Å². The molecule has 0 atom stereocenters. The third-order valence-corrected chi connectivity index (χ3v) is 2.72. The molecule has 19 heavy (non-hydrogen) atoms. The first-order valence-corrected chi connectivity index (χ1v) is 6.97. The predicted octanol–water partition coefficient (Wildman–Crippen LogP) is 2.46. The molecule has 5 heteroatoms. The summed E-state index contributed by atoms with van der Waals surface area (Å²) in [6, 6.07) is 0. The van der Waals surface area contributed by atoms with Gasteiger partial charge in [0.2, 0.25) is 0 Å². The summed E-state index contributed by atoms with van der Waals surface area (Å²) < 4.78 is 0. The average molecular weight is 264 g/mol. The molecule has 1 amide bonds. The van der Waals surface area contributed by atoms with Crippen molar-refractivity contribution in [3.8, 4) is 0 Å². The van der Waals surface area contributed by atoms with Crippen LogP contribution in [-0.2, 0) is 0 Å². The van der Waals surface area contributed by atoms with E-state index in [-0.39, 0.29) is 5.91 Å². The normalized spacial score (nSPS) is 10.5. The molecule has 0 bridgehead atoms. The first kappa shape index (κ1) is 15.4. The second-order valence-electron chi connectivity index (χ2n) is 4.97. The molecule has 0 aromatic carbocycles. The van der Waals surface area contributed by atoms with E-state index in [9.17, 15) is 4.79 Å². The van der Waals surface area contributed by atoms with E-state index >= 15 is 0 Å². The molecule has 0 spiro atoms. The monoisotopic (exact) mass is 264 g/mol. The Labute approximate surface area is 115 Å². The van der Waals surface area contributed by atoms with E-state index in [0.29, 0.717) is 18.1 Å². The van der Waals surface area contributed by atoms with Crippen LogP contribution in [-0.4, -0.2) is 29.0 Å². The lowest BCUT2D eigenvalue weighted by molar-refractivity contribution is 0.0947. The fraction of sp³-hybridized carbons (Fsp3) is 0.643. The van der Waals surface area contributed by atoms with Crippen LogP contribution >= 0.6 is 0 Å². The Kier molecular flexibility index (Phi) is 6.85. The van der Waals surface area contributed by atoms with Crippen molar-refractivity contribution in [2.45, 2.75) is 40.0 Å². The number of rotatable bonds is 8. The molecule has 1 aromatic rings. The van der Waals surface area contributed by atoms with Gasteiger partial charge in [-0.1, -0.05) is 26.7 Å². The maximum atomic E-state index is 11.9. The zero-order valence-electron chi connectivity index (χ0n) is 12.1. The first-order valence-electron chi connectivity index (χ1n) is 6.97. The summed E-state index contributed by atoms with van der Waals surface area (Å²) in [7, 11) is 0. The van der Waals surface area contributed by atoms with E-state index in [1.807, 2.05) is 6.92 Å². The van der Waals surface area contributed by atoms with E-state index in [4.69, 9.17) is 0 Å². The summed E-state index contributed by atoms with van der Waals surface area (Å²) in [4.78, 5) is 20.1. The Hall–Kier alpha value is -1.65. The highest BCUT2D eigenvalue weighted by Crippen LogP contribution is 2.05. The van der Waals surface area contributed by atoms with Crippen LogP contribution in [0.1, 0.15) is 50.5 Å². The Morgan fingerprint density at radius 2 is 2.11 bits per heavy atom. The van der Waals surface area contributed by atoms with Gasteiger partial charge in [0, 0.05) is 13.1 Å². The highest BCUT2D eigenvalue weighted by atomic mass is 16.1. The number of hydrogen-bond acceptors (Lipinski definition) is 4. The molecule has 1 aromatic heterocycles. The lowest BCUT2D eigenvalue weighted by atomic mass is 10.1. The van der Waals surface area contributed by atoms with Crippen molar-refractivity contribution in [2.24, 2.45) is 5.92 Å². The number of nitrogens with one attached hydrogen (secondary N) is 2. The molecule has 0 radical (unpaired) electrons. The van der Waals surface area contributed by atoms with Gasteiger partial charge >= 0.3 is 0 Å². The molecule has 0 aliphatic rings. The van der Waals surface area contributed by atoms with Gasteiger partial charge in [0.25, 0.3) is 5.91 Å². The number of aromatic nitrogens is 2. The van der Waals surface area contributed by atoms with Crippen molar-refractivity contribution < 1.29 is 4.79 Å². The van der Waals surface area contributed by atoms with Crippen LogP contribution in [0.15, 0.2) is 12.4 Å². The van der Waals surface area contributed by atoms with Gasteiger partial charge < -0.3 is 10.6 Å². The van der Waals surface area contributed by atoms with Gasteiger partial charge in [-0.25, -0.2) is 4.98 Å². The van der Waals surface area contributed by atoms with E-state index in [0.717, 1.165) is 25.3 Å². The van der Waals surface area contributed by atoms with Crippen LogP contribution in [0.4, 0.5) is 5.82 Å². The van der Waals surface area contributed by atoms with E-state index in [2.05, 4.69) is 34.4 Å². The van der Waals surface area contributed by atoms with Crippen molar-refractivity contribution in [3.05, 3.63) is 18.1 Å². The Morgan fingerprint density at radius 1 is 1.32 bits per heavy atom. The number of amides is 1. The van der Waals surface area contributed by atoms with Crippen molar-refractivity contribution >= 4 is 11.7 Å². The molecule has 106 valence electrons. The van der Waals surface area contributed by atoms with E-state index in [1.54, 1.807) is 6.20 Å². The van der Waals surface area contributed by atoms with Crippen molar-refractivity contribution in [2.75, 3.05) is 18.4 Å². The average Bonchev–Trinajstić information content (AvgIpc) is 2.38. The van der Waals surface area contributed by atoms with Gasteiger partial charge in [0.15, 0.2) is 0 Å². The number of anilines is 1. The highest BCUT2D eigenvalue weighted by molar-refractivity contribution is 5.92. The maximum absolute atomic E-state index is 11.9. The summed E-state index contributed by atoms with van der Waals surface area (Å²) in [5.41, 5.74) is 0.363. The third-order valence-electron chi connectivity index (χ3n) is 2.72. The summed E-state index contributed by atoms with van der Waals surface area (Å²) in [6.45, 7) is 7.84. The summed E-state index contributed by atoms with van der Waals surface area (Å²) in [6.07, 6.45) is 6.45. The standard InChI is InChI=1S/C14H24N4O/c1-4-16-13-10-15-9-12(18-13)14(19)17-8-6-5-7-11(2)3/h9-11H,4-8H2,1-3H3,(H,16,18)(H,17,19). The quantitative estimate of drug-likeness (QED) is 0.708. The lowest BCUT2D eigenvalue weighted by Gasteiger charge is -2.07. The molecule has 0 saturated carbocycles. The molecule has 0 saturated heterocycles. The Morgan fingerprint density at radius 3 is 2.79 bits per heavy atom. The Balaban J connectivity index is 2.34. The molecule has 1 heterocycles. The molecule has 0 fully saturated rings. The van der Waals surface area contributed by atoms with Gasteiger partial charge in [-0.05, 0) is 19.3 Å².